The molecule has 1 atom stereocenters. The lowest BCUT2D eigenvalue weighted by molar-refractivity contribution is 0.247. The van der Waals surface area contributed by atoms with Crippen LogP contribution in [0.4, 0.5) is 5.82 Å². The zero-order chi connectivity index (χ0) is 18.0. The fourth-order valence-corrected chi connectivity index (χ4v) is 3.91. The molecule has 1 aromatic carbocycles. The molecule has 0 amide bonds. The molecule has 0 radical (unpaired) electrons. The van der Waals surface area contributed by atoms with E-state index < -0.39 is 9.84 Å². The van der Waals surface area contributed by atoms with E-state index >= 15 is 0 Å². The minimum absolute atomic E-state index is 0.0695. The minimum atomic E-state index is -3.37. The highest BCUT2D eigenvalue weighted by molar-refractivity contribution is 7.90. The molecule has 0 bridgehead atoms. The smallest absolute Gasteiger partial charge is 0.180 e. The van der Waals surface area contributed by atoms with E-state index in [1.54, 1.807) is 6.92 Å². The molecule has 0 unspecified atom stereocenters. The van der Waals surface area contributed by atoms with Gasteiger partial charge < -0.3 is 5.32 Å². The van der Waals surface area contributed by atoms with Crippen molar-refractivity contribution in [2.24, 2.45) is 0 Å². The average molecular weight is 360 g/mol. The van der Waals surface area contributed by atoms with Gasteiger partial charge in [-0.1, -0.05) is 24.3 Å². The first-order valence-electron chi connectivity index (χ1n) is 8.42. The first-order chi connectivity index (χ1) is 11.8. The Bertz CT molecular complexity index is 867. The number of sulfone groups is 1. The molecule has 2 heterocycles. The molecule has 1 aliphatic rings. The summed E-state index contributed by atoms with van der Waals surface area (Å²) >= 11 is 0. The Balaban J connectivity index is 1.70. The molecular weight excluding hydrogens is 336 g/mol. The Labute approximate surface area is 149 Å². The SMILES string of the molecule is Cc1ncc(S(C)(=O)=O)c(N[C@H](C)CN2CCc3ccccc3C2)n1. The number of aryl methyl sites for hydroxylation is 1. The maximum Gasteiger partial charge on any atom is 0.180 e. The molecule has 25 heavy (non-hydrogen) atoms. The van der Waals surface area contributed by atoms with Gasteiger partial charge in [0.25, 0.3) is 0 Å². The predicted octanol–water partition coefficient (Wildman–Crippen LogP) is 2.05. The van der Waals surface area contributed by atoms with Gasteiger partial charge in [-0.05, 0) is 31.4 Å². The van der Waals surface area contributed by atoms with Gasteiger partial charge in [0, 0.05) is 31.9 Å². The Kier molecular flexibility index (Phi) is 5.06. The van der Waals surface area contributed by atoms with Crippen LogP contribution in [0.1, 0.15) is 23.9 Å². The number of fused-ring (bicyclic) bond motifs is 1. The van der Waals surface area contributed by atoms with Crippen molar-refractivity contribution in [2.45, 2.75) is 37.8 Å². The fourth-order valence-electron chi connectivity index (χ4n) is 3.21. The van der Waals surface area contributed by atoms with Gasteiger partial charge in [0.2, 0.25) is 0 Å². The van der Waals surface area contributed by atoms with E-state index in [0.29, 0.717) is 11.6 Å². The molecule has 1 aliphatic heterocycles. The number of anilines is 1. The fraction of sp³-hybridized carbons (Fsp3) is 0.444. The highest BCUT2D eigenvalue weighted by atomic mass is 32.2. The van der Waals surface area contributed by atoms with Gasteiger partial charge in [0.15, 0.2) is 9.84 Å². The van der Waals surface area contributed by atoms with E-state index in [1.807, 2.05) is 6.92 Å². The lowest BCUT2D eigenvalue weighted by Crippen LogP contribution is -2.38. The van der Waals surface area contributed by atoms with Gasteiger partial charge in [0.1, 0.15) is 16.5 Å². The summed E-state index contributed by atoms with van der Waals surface area (Å²) in [5.74, 6) is 0.939. The van der Waals surface area contributed by atoms with Crippen molar-refractivity contribution in [1.29, 1.82) is 0 Å². The van der Waals surface area contributed by atoms with E-state index in [0.717, 1.165) is 26.1 Å². The lowest BCUT2D eigenvalue weighted by Gasteiger charge is -2.31. The van der Waals surface area contributed by atoms with Crippen molar-refractivity contribution >= 4 is 15.7 Å². The number of rotatable bonds is 5. The summed E-state index contributed by atoms with van der Waals surface area (Å²) in [7, 11) is -3.37. The van der Waals surface area contributed by atoms with Gasteiger partial charge in [-0.2, -0.15) is 0 Å². The van der Waals surface area contributed by atoms with Crippen molar-refractivity contribution in [3.05, 3.63) is 47.4 Å². The van der Waals surface area contributed by atoms with Crippen molar-refractivity contribution in [3.63, 3.8) is 0 Å². The van der Waals surface area contributed by atoms with Crippen LogP contribution in [-0.2, 0) is 22.8 Å². The normalized spacial score (nSPS) is 16.3. The summed E-state index contributed by atoms with van der Waals surface area (Å²) in [6.45, 7) is 6.54. The maximum absolute atomic E-state index is 11.9. The number of hydrogen-bond acceptors (Lipinski definition) is 6. The molecule has 0 saturated heterocycles. The number of hydrogen-bond donors (Lipinski definition) is 1. The highest BCUT2D eigenvalue weighted by Crippen LogP contribution is 2.21. The Morgan fingerprint density at radius 2 is 2.00 bits per heavy atom. The van der Waals surface area contributed by atoms with Crippen LogP contribution in [0, 0.1) is 6.92 Å². The van der Waals surface area contributed by atoms with E-state index in [9.17, 15) is 8.42 Å². The van der Waals surface area contributed by atoms with Crippen LogP contribution < -0.4 is 5.32 Å². The van der Waals surface area contributed by atoms with Crippen LogP contribution in [0.2, 0.25) is 0 Å². The van der Waals surface area contributed by atoms with Gasteiger partial charge in [-0.15, -0.1) is 0 Å². The van der Waals surface area contributed by atoms with Gasteiger partial charge in [-0.3, -0.25) is 4.90 Å². The summed E-state index contributed by atoms with van der Waals surface area (Å²) < 4.78 is 23.9. The zero-order valence-electron chi connectivity index (χ0n) is 14.9. The van der Waals surface area contributed by atoms with Crippen molar-refractivity contribution in [2.75, 3.05) is 24.7 Å². The molecule has 3 rings (SSSR count). The van der Waals surface area contributed by atoms with Gasteiger partial charge in [-0.25, -0.2) is 18.4 Å². The van der Waals surface area contributed by atoms with Crippen LogP contribution in [0.5, 0.6) is 0 Å². The first kappa shape index (κ1) is 17.8. The third kappa shape index (κ3) is 4.35. The molecule has 1 N–H and O–H groups in total. The van der Waals surface area contributed by atoms with Gasteiger partial charge >= 0.3 is 0 Å². The summed E-state index contributed by atoms with van der Waals surface area (Å²) in [6.07, 6.45) is 3.60. The molecule has 0 spiro atoms. The Morgan fingerprint density at radius 1 is 1.28 bits per heavy atom. The summed E-state index contributed by atoms with van der Waals surface area (Å²) in [5.41, 5.74) is 2.79. The number of benzene rings is 1. The van der Waals surface area contributed by atoms with E-state index in [4.69, 9.17) is 0 Å². The first-order valence-corrected chi connectivity index (χ1v) is 10.3. The second-order valence-corrected chi connectivity index (χ2v) is 8.69. The zero-order valence-corrected chi connectivity index (χ0v) is 15.7. The average Bonchev–Trinajstić information content (AvgIpc) is 2.53. The number of aromatic nitrogens is 2. The third-order valence-corrected chi connectivity index (χ3v) is 5.50. The lowest BCUT2D eigenvalue weighted by atomic mass is 10.00. The second-order valence-electron chi connectivity index (χ2n) is 6.70. The number of nitrogens with one attached hydrogen (secondary N) is 1. The molecule has 0 fully saturated rings. The van der Waals surface area contributed by atoms with Crippen molar-refractivity contribution in [1.82, 2.24) is 14.9 Å². The molecule has 0 saturated carbocycles. The van der Waals surface area contributed by atoms with Crippen LogP contribution in [-0.4, -0.2) is 48.7 Å². The van der Waals surface area contributed by atoms with E-state index in [1.165, 1.54) is 23.6 Å². The summed E-state index contributed by atoms with van der Waals surface area (Å²) in [5, 5.41) is 3.26. The van der Waals surface area contributed by atoms with Crippen LogP contribution in [0.3, 0.4) is 0 Å². The summed E-state index contributed by atoms with van der Waals surface area (Å²) in [4.78, 5) is 10.8. The Hall–Kier alpha value is -1.99. The molecule has 1 aromatic heterocycles. The number of nitrogens with zero attached hydrogens (tertiary/aromatic N) is 3. The highest BCUT2D eigenvalue weighted by Gasteiger charge is 2.20. The standard InChI is InChI=1S/C18H24N4O2S/c1-13(11-22-9-8-15-6-4-5-7-16(15)12-22)20-18-17(25(3,23)24)10-19-14(2)21-18/h4-7,10,13H,8-9,11-12H2,1-3H3,(H,19,20,21)/t13-/m1/s1. The van der Waals surface area contributed by atoms with E-state index in [2.05, 4.69) is 44.5 Å². The molecule has 6 nitrogen and oxygen atoms in total. The topological polar surface area (TPSA) is 75.2 Å². The second kappa shape index (κ2) is 7.09. The molecular formula is C18H24N4O2S. The largest absolute Gasteiger partial charge is 0.365 e. The Morgan fingerprint density at radius 3 is 2.72 bits per heavy atom. The maximum atomic E-state index is 11.9. The molecule has 0 aliphatic carbocycles. The van der Waals surface area contributed by atoms with E-state index in [-0.39, 0.29) is 10.9 Å². The van der Waals surface area contributed by atoms with Crippen molar-refractivity contribution in [3.8, 4) is 0 Å². The predicted molar refractivity (Wildman–Crippen MR) is 98.4 cm³/mol. The van der Waals surface area contributed by atoms with Crippen LogP contribution in [0.25, 0.3) is 0 Å². The van der Waals surface area contributed by atoms with Crippen LogP contribution >= 0.6 is 0 Å². The third-order valence-electron chi connectivity index (χ3n) is 4.40. The van der Waals surface area contributed by atoms with Crippen LogP contribution in [0.15, 0.2) is 35.4 Å². The summed E-state index contributed by atoms with van der Waals surface area (Å²) in [6, 6.07) is 8.60. The molecule has 134 valence electrons. The molecule has 2 aromatic rings. The quantitative estimate of drug-likeness (QED) is 0.879. The molecule has 7 heteroatoms. The van der Waals surface area contributed by atoms with Gasteiger partial charge in [0.05, 0.1) is 6.20 Å². The minimum Gasteiger partial charge on any atom is -0.365 e. The monoisotopic (exact) mass is 360 g/mol. The van der Waals surface area contributed by atoms with Crippen molar-refractivity contribution < 1.29 is 8.42 Å².